The number of nitrogens with zero attached hydrogens (tertiary/aromatic N) is 2. The Labute approximate surface area is 126 Å². The van der Waals surface area contributed by atoms with E-state index in [-0.39, 0.29) is 0 Å². The molecule has 0 aliphatic rings. The van der Waals surface area contributed by atoms with Crippen molar-refractivity contribution in [1.29, 1.82) is 0 Å². The Morgan fingerprint density at radius 3 is 2.52 bits per heavy atom. The maximum absolute atomic E-state index is 5.38. The zero-order valence-corrected chi connectivity index (χ0v) is 13.4. The Kier molecular flexibility index (Phi) is 4.78. The fourth-order valence-electron chi connectivity index (χ4n) is 2.30. The van der Waals surface area contributed by atoms with Crippen LogP contribution in [-0.2, 0) is 0 Å². The van der Waals surface area contributed by atoms with Gasteiger partial charge in [-0.3, -0.25) is 0 Å². The topological polar surface area (TPSA) is 47.0 Å². The summed E-state index contributed by atoms with van der Waals surface area (Å²) in [5.74, 6) is 1.60. The van der Waals surface area contributed by atoms with Crippen LogP contribution in [0, 0.1) is 20.8 Å². The highest BCUT2D eigenvalue weighted by Crippen LogP contribution is 2.30. The number of anilines is 1. The molecule has 0 saturated carbocycles. The number of nitrogens with one attached hydrogen (secondary N) is 1. The van der Waals surface area contributed by atoms with Gasteiger partial charge in [0.05, 0.1) is 12.8 Å². The number of methoxy groups -OCH3 is 1. The molecule has 1 heterocycles. The van der Waals surface area contributed by atoms with E-state index in [4.69, 9.17) is 4.74 Å². The highest BCUT2D eigenvalue weighted by Gasteiger charge is 2.12. The third-order valence-corrected chi connectivity index (χ3v) is 3.50. The van der Waals surface area contributed by atoms with Crippen molar-refractivity contribution in [3.8, 4) is 17.0 Å². The van der Waals surface area contributed by atoms with Gasteiger partial charge >= 0.3 is 0 Å². The summed E-state index contributed by atoms with van der Waals surface area (Å²) in [5, 5.41) is 3.24. The molecule has 1 aromatic carbocycles. The molecule has 0 fully saturated rings. The van der Waals surface area contributed by atoms with Gasteiger partial charge in [-0.15, -0.1) is 0 Å². The fourth-order valence-corrected chi connectivity index (χ4v) is 2.30. The second-order valence-electron chi connectivity index (χ2n) is 5.29. The van der Waals surface area contributed by atoms with Crippen LogP contribution in [0.4, 0.5) is 5.95 Å². The normalized spacial score (nSPS) is 10.5. The summed E-state index contributed by atoms with van der Waals surface area (Å²) < 4.78 is 5.38. The molecule has 2 rings (SSSR count). The lowest BCUT2D eigenvalue weighted by Gasteiger charge is -2.13. The van der Waals surface area contributed by atoms with E-state index >= 15 is 0 Å². The Morgan fingerprint density at radius 1 is 1.10 bits per heavy atom. The van der Waals surface area contributed by atoms with Gasteiger partial charge in [0, 0.05) is 18.3 Å². The van der Waals surface area contributed by atoms with E-state index in [9.17, 15) is 0 Å². The van der Waals surface area contributed by atoms with E-state index in [0.717, 1.165) is 46.7 Å². The van der Waals surface area contributed by atoms with Gasteiger partial charge in [0.2, 0.25) is 5.95 Å². The van der Waals surface area contributed by atoms with Crippen molar-refractivity contribution < 1.29 is 4.74 Å². The summed E-state index contributed by atoms with van der Waals surface area (Å²) in [6.07, 6.45) is 2.92. The van der Waals surface area contributed by atoms with Gasteiger partial charge in [0.15, 0.2) is 0 Å². The van der Waals surface area contributed by atoms with Crippen LogP contribution in [0.25, 0.3) is 11.3 Å². The molecule has 0 spiro atoms. The van der Waals surface area contributed by atoms with Crippen LogP contribution >= 0.6 is 0 Å². The SMILES string of the molecule is CCCNc1ncc(C)c(-c2cc(C)c(OC)cc2C)n1. The summed E-state index contributed by atoms with van der Waals surface area (Å²) in [7, 11) is 1.70. The van der Waals surface area contributed by atoms with Gasteiger partial charge < -0.3 is 10.1 Å². The third kappa shape index (κ3) is 3.32. The first kappa shape index (κ1) is 15.3. The van der Waals surface area contributed by atoms with Gasteiger partial charge in [-0.05, 0) is 56.0 Å². The minimum atomic E-state index is 0.685. The molecule has 0 bridgehead atoms. The van der Waals surface area contributed by atoms with Crippen molar-refractivity contribution in [3.05, 3.63) is 35.0 Å². The highest BCUT2D eigenvalue weighted by atomic mass is 16.5. The van der Waals surface area contributed by atoms with Crippen molar-refractivity contribution in [1.82, 2.24) is 9.97 Å². The standard InChI is InChI=1S/C17H23N3O/c1-6-7-18-17-19-10-13(4)16(20-17)14-8-12(3)15(21-5)9-11(14)2/h8-10H,6-7H2,1-5H3,(H,18,19,20). The predicted octanol–water partition coefficient (Wildman–Crippen LogP) is 3.90. The van der Waals surface area contributed by atoms with Crippen molar-refractivity contribution in [2.45, 2.75) is 34.1 Å². The first-order valence-corrected chi connectivity index (χ1v) is 7.30. The number of rotatable bonds is 5. The summed E-state index contributed by atoms with van der Waals surface area (Å²) in [6.45, 7) is 9.17. The molecule has 1 aromatic heterocycles. The Hall–Kier alpha value is -2.10. The Morgan fingerprint density at radius 2 is 1.86 bits per heavy atom. The van der Waals surface area contributed by atoms with E-state index in [0.29, 0.717) is 5.95 Å². The molecule has 4 heteroatoms. The number of ether oxygens (including phenoxy) is 1. The van der Waals surface area contributed by atoms with Gasteiger partial charge in [0.25, 0.3) is 0 Å². The van der Waals surface area contributed by atoms with Crippen LogP contribution in [0.15, 0.2) is 18.3 Å². The van der Waals surface area contributed by atoms with E-state index in [2.05, 4.69) is 48.2 Å². The number of benzene rings is 1. The number of aryl methyl sites for hydroxylation is 3. The van der Waals surface area contributed by atoms with E-state index in [1.165, 1.54) is 0 Å². The minimum Gasteiger partial charge on any atom is -0.496 e. The molecule has 0 aliphatic heterocycles. The molecule has 21 heavy (non-hydrogen) atoms. The monoisotopic (exact) mass is 285 g/mol. The average Bonchev–Trinajstić information content (AvgIpc) is 2.48. The summed E-state index contributed by atoms with van der Waals surface area (Å²) >= 11 is 0. The Bertz CT molecular complexity index is 638. The van der Waals surface area contributed by atoms with Gasteiger partial charge in [-0.25, -0.2) is 9.97 Å². The number of hydrogen-bond donors (Lipinski definition) is 1. The fraction of sp³-hybridized carbons (Fsp3) is 0.412. The van der Waals surface area contributed by atoms with Crippen molar-refractivity contribution in [2.75, 3.05) is 19.0 Å². The predicted molar refractivity (Wildman–Crippen MR) is 87.0 cm³/mol. The molecular weight excluding hydrogens is 262 g/mol. The van der Waals surface area contributed by atoms with E-state index in [1.54, 1.807) is 7.11 Å². The molecule has 0 saturated heterocycles. The van der Waals surface area contributed by atoms with Gasteiger partial charge in [-0.2, -0.15) is 0 Å². The van der Waals surface area contributed by atoms with Crippen LogP contribution in [-0.4, -0.2) is 23.6 Å². The molecular formula is C17H23N3O. The molecule has 0 amide bonds. The summed E-state index contributed by atoms with van der Waals surface area (Å²) in [5.41, 5.74) is 5.45. The van der Waals surface area contributed by atoms with E-state index in [1.807, 2.05) is 13.1 Å². The largest absolute Gasteiger partial charge is 0.496 e. The molecule has 0 radical (unpaired) electrons. The second-order valence-corrected chi connectivity index (χ2v) is 5.29. The molecule has 0 unspecified atom stereocenters. The smallest absolute Gasteiger partial charge is 0.223 e. The highest BCUT2D eigenvalue weighted by molar-refractivity contribution is 5.69. The molecule has 0 atom stereocenters. The van der Waals surface area contributed by atoms with Crippen molar-refractivity contribution >= 4 is 5.95 Å². The molecule has 2 aromatic rings. The maximum atomic E-state index is 5.38. The van der Waals surface area contributed by atoms with Crippen LogP contribution in [0.3, 0.4) is 0 Å². The molecule has 112 valence electrons. The van der Waals surface area contributed by atoms with Crippen LogP contribution < -0.4 is 10.1 Å². The zero-order valence-electron chi connectivity index (χ0n) is 13.4. The number of hydrogen-bond acceptors (Lipinski definition) is 4. The van der Waals surface area contributed by atoms with E-state index < -0.39 is 0 Å². The lowest BCUT2D eigenvalue weighted by atomic mass is 9.99. The molecule has 0 aliphatic carbocycles. The summed E-state index contributed by atoms with van der Waals surface area (Å²) in [6, 6.07) is 4.19. The van der Waals surface area contributed by atoms with Crippen LogP contribution in [0.2, 0.25) is 0 Å². The average molecular weight is 285 g/mol. The quantitative estimate of drug-likeness (QED) is 0.905. The zero-order chi connectivity index (χ0) is 15.4. The van der Waals surface area contributed by atoms with Gasteiger partial charge in [-0.1, -0.05) is 6.92 Å². The lowest BCUT2D eigenvalue weighted by molar-refractivity contribution is 0.411. The maximum Gasteiger partial charge on any atom is 0.223 e. The van der Waals surface area contributed by atoms with Crippen LogP contribution in [0.5, 0.6) is 5.75 Å². The van der Waals surface area contributed by atoms with Crippen molar-refractivity contribution in [3.63, 3.8) is 0 Å². The molecule has 1 N–H and O–H groups in total. The van der Waals surface area contributed by atoms with Gasteiger partial charge in [0.1, 0.15) is 5.75 Å². The minimum absolute atomic E-state index is 0.685. The first-order valence-electron chi connectivity index (χ1n) is 7.30. The third-order valence-electron chi connectivity index (χ3n) is 3.50. The Balaban J connectivity index is 2.48. The lowest BCUT2D eigenvalue weighted by Crippen LogP contribution is -2.06. The molecule has 4 nitrogen and oxygen atoms in total. The first-order chi connectivity index (χ1) is 10.1. The van der Waals surface area contributed by atoms with Crippen LogP contribution in [0.1, 0.15) is 30.0 Å². The number of aromatic nitrogens is 2. The summed E-state index contributed by atoms with van der Waals surface area (Å²) in [4.78, 5) is 9.02. The van der Waals surface area contributed by atoms with Crippen molar-refractivity contribution in [2.24, 2.45) is 0 Å². The second kappa shape index (κ2) is 6.57.